The Morgan fingerprint density at radius 1 is 1.35 bits per heavy atom. The first-order valence-electron chi connectivity index (χ1n) is 7.03. The molecule has 0 bridgehead atoms. The van der Waals surface area contributed by atoms with Crippen LogP contribution < -0.4 is 0 Å². The van der Waals surface area contributed by atoms with Crippen molar-refractivity contribution < 1.29 is 4.79 Å². The second kappa shape index (κ2) is 3.96. The Hall–Kier alpha value is -0.590. The van der Waals surface area contributed by atoms with Gasteiger partial charge in [0.05, 0.1) is 0 Å². The summed E-state index contributed by atoms with van der Waals surface area (Å²) in [6.07, 6.45) is 7.49. The van der Waals surface area contributed by atoms with Gasteiger partial charge >= 0.3 is 0 Å². The largest absolute Gasteiger partial charge is 0.299 e. The lowest BCUT2D eigenvalue weighted by Crippen LogP contribution is -2.52. The average molecular weight is 234 g/mol. The van der Waals surface area contributed by atoms with Gasteiger partial charge in [0.25, 0.3) is 0 Å². The molecule has 2 rings (SSSR count). The Balaban J connectivity index is 2.49. The van der Waals surface area contributed by atoms with Gasteiger partial charge in [-0.25, -0.2) is 0 Å². The Kier molecular flexibility index (Phi) is 3.00. The summed E-state index contributed by atoms with van der Waals surface area (Å²) < 4.78 is 0. The van der Waals surface area contributed by atoms with E-state index in [1.54, 1.807) is 12.5 Å². The summed E-state index contributed by atoms with van der Waals surface area (Å²) in [5, 5.41) is 0. The number of Topliss-reactive ketones (excluding diaryl/α,β-unsaturated/α-hetero) is 1. The van der Waals surface area contributed by atoms with E-state index in [1.807, 2.05) is 0 Å². The summed E-state index contributed by atoms with van der Waals surface area (Å²) in [5.41, 5.74) is 1.41. The van der Waals surface area contributed by atoms with Crippen LogP contribution in [0.15, 0.2) is 11.6 Å². The molecule has 0 aromatic rings. The van der Waals surface area contributed by atoms with Gasteiger partial charge in [-0.1, -0.05) is 39.3 Å². The Bertz CT molecular complexity index is 364. The van der Waals surface area contributed by atoms with Crippen molar-refractivity contribution in [2.24, 2.45) is 22.7 Å². The number of hydrogen-bond acceptors (Lipinski definition) is 1. The lowest BCUT2D eigenvalue weighted by Gasteiger charge is -2.56. The molecule has 3 atom stereocenters. The Labute approximate surface area is 106 Å². The van der Waals surface area contributed by atoms with Crippen molar-refractivity contribution in [1.82, 2.24) is 0 Å². The van der Waals surface area contributed by atoms with Crippen LogP contribution in [0.1, 0.15) is 60.3 Å². The second-order valence-corrected chi connectivity index (χ2v) is 6.81. The van der Waals surface area contributed by atoms with E-state index in [4.69, 9.17) is 0 Å². The molecule has 0 saturated heterocycles. The zero-order chi connectivity index (χ0) is 12.8. The highest BCUT2D eigenvalue weighted by Gasteiger charge is 2.55. The molecule has 0 radical (unpaired) electrons. The fourth-order valence-electron chi connectivity index (χ4n) is 4.32. The lowest BCUT2D eigenvalue weighted by atomic mass is 9.47. The van der Waals surface area contributed by atoms with Gasteiger partial charge in [-0.3, -0.25) is 4.79 Å². The van der Waals surface area contributed by atoms with E-state index in [-0.39, 0.29) is 10.8 Å². The van der Waals surface area contributed by atoms with Crippen molar-refractivity contribution in [2.75, 3.05) is 0 Å². The van der Waals surface area contributed by atoms with Crippen molar-refractivity contribution in [3.8, 4) is 0 Å². The van der Waals surface area contributed by atoms with Crippen molar-refractivity contribution in [1.29, 1.82) is 0 Å². The topological polar surface area (TPSA) is 17.1 Å². The fourth-order valence-corrected chi connectivity index (χ4v) is 4.32. The number of carbonyl (C=O) groups is 1. The molecular weight excluding hydrogens is 208 g/mol. The van der Waals surface area contributed by atoms with Crippen LogP contribution in [0.3, 0.4) is 0 Å². The van der Waals surface area contributed by atoms with Gasteiger partial charge in [-0.15, -0.1) is 0 Å². The van der Waals surface area contributed by atoms with Crippen molar-refractivity contribution in [2.45, 2.75) is 60.3 Å². The molecule has 1 saturated carbocycles. The van der Waals surface area contributed by atoms with E-state index in [0.717, 1.165) is 5.92 Å². The van der Waals surface area contributed by atoms with E-state index in [2.05, 4.69) is 33.8 Å². The van der Waals surface area contributed by atoms with Crippen LogP contribution in [0.5, 0.6) is 0 Å². The molecule has 1 heteroatoms. The molecule has 0 heterocycles. The highest BCUT2D eigenvalue weighted by Crippen LogP contribution is 2.59. The molecule has 0 amide bonds. The maximum atomic E-state index is 12.2. The van der Waals surface area contributed by atoms with Gasteiger partial charge in [0, 0.05) is 5.41 Å². The van der Waals surface area contributed by atoms with Gasteiger partial charge in [0.2, 0.25) is 0 Å². The van der Waals surface area contributed by atoms with Crippen LogP contribution in [-0.4, -0.2) is 5.78 Å². The first-order chi connectivity index (χ1) is 7.81. The van der Waals surface area contributed by atoms with E-state index < -0.39 is 0 Å². The summed E-state index contributed by atoms with van der Waals surface area (Å²) >= 11 is 0. The Morgan fingerprint density at radius 3 is 2.59 bits per heavy atom. The predicted molar refractivity (Wildman–Crippen MR) is 71.8 cm³/mol. The summed E-state index contributed by atoms with van der Waals surface area (Å²) in [7, 11) is 0. The SMILES string of the molecule is CC(=O)C1(C)C(C)CC2CCCC=C2C1(C)C. The molecule has 3 unspecified atom stereocenters. The normalized spacial score (nSPS) is 40.4. The van der Waals surface area contributed by atoms with Crippen molar-refractivity contribution >= 4 is 5.78 Å². The first-order valence-corrected chi connectivity index (χ1v) is 7.03. The minimum Gasteiger partial charge on any atom is -0.299 e. The third kappa shape index (κ3) is 1.62. The molecular formula is C16H26O. The average Bonchev–Trinajstić information content (AvgIpc) is 2.26. The predicted octanol–water partition coefficient (Wildman–Crippen LogP) is 4.37. The number of fused-ring (bicyclic) bond motifs is 1. The van der Waals surface area contributed by atoms with Gasteiger partial charge in [0.15, 0.2) is 0 Å². The smallest absolute Gasteiger partial charge is 0.136 e. The standard InChI is InChI=1S/C16H26O/c1-11-10-13-8-6-7-9-14(13)15(3,4)16(11,5)12(2)17/h9,11,13H,6-8,10H2,1-5H3. The third-order valence-corrected chi connectivity index (χ3v) is 5.94. The van der Waals surface area contributed by atoms with Crippen LogP contribution in [-0.2, 0) is 4.79 Å². The second-order valence-electron chi connectivity index (χ2n) is 6.81. The number of hydrogen-bond donors (Lipinski definition) is 0. The van der Waals surface area contributed by atoms with Crippen LogP contribution in [0, 0.1) is 22.7 Å². The summed E-state index contributed by atoms with van der Waals surface area (Å²) in [6, 6.07) is 0. The minimum atomic E-state index is -0.188. The van der Waals surface area contributed by atoms with E-state index >= 15 is 0 Å². The van der Waals surface area contributed by atoms with E-state index in [9.17, 15) is 4.79 Å². The number of carbonyl (C=O) groups excluding carboxylic acids is 1. The third-order valence-electron chi connectivity index (χ3n) is 5.94. The van der Waals surface area contributed by atoms with Crippen LogP contribution in [0.4, 0.5) is 0 Å². The highest BCUT2D eigenvalue weighted by atomic mass is 16.1. The molecule has 0 aromatic heterocycles. The minimum absolute atomic E-state index is 0.0294. The highest BCUT2D eigenvalue weighted by molar-refractivity contribution is 5.84. The first kappa shape index (κ1) is 12.9. The molecule has 2 aliphatic carbocycles. The van der Waals surface area contributed by atoms with E-state index in [1.165, 1.54) is 25.7 Å². The summed E-state index contributed by atoms with van der Waals surface area (Å²) in [4.78, 5) is 12.2. The zero-order valence-corrected chi connectivity index (χ0v) is 12.0. The van der Waals surface area contributed by atoms with Gasteiger partial charge in [0.1, 0.15) is 5.78 Å². The molecule has 2 aliphatic rings. The molecule has 0 N–H and O–H groups in total. The van der Waals surface area contributed by atoms with Gasteiger partial charge in [-0.2, -0.15) is 0 Å². The zero-order valence-electron chi connectivity index (χ0n) is 12.0. The van der Waals surface area contributed by atoms with Gasteiger partial charge < -0.3 is 0 Å². The maximum Gasteiger partial charge on any atom is 0.136 e. The Morgan fingerprint density at radius 2 is 2.00 bits per heavy atom. The molecule has 0 spiro atoms. The molecule has 0 aromatic carbocycles. The van der Waals surface area contributed by atoms with E-state index in [0.29, 0.717) is 11.7 Å². The molecule has 1 fully saturated rings. The maximum absolute atomic E-state index is 12.2. The molecule has 1 nitrogen and oxygen atoms in total. The van der Waals surface area contributed by atoms with Crippen LogP contribution in [0.2, 0.25) is 0 Å². The molecule has 0 aliphatic heterocycles. The quantitative estimate of drug-likeness (QED) is 0.616. The number of rotatable bonds is 1. The van der Waals surface area contributed by atoms with Crippen molar-refractivity contribution in [3.63, 3.8) is 0 Å². The summed E-state index contributed by atoms with van der Waals surface area (Å²) in [5.74, 6) is 1.59. The van der Waals surface area contributed by atoms with Crippen LogP contribution >= 0.6 is 0 Å². The van der Waals surface area contributed by atoms with Gasteiger partial charge in [-0.05, 0) is 49.9 Å². The van der Waals surface area contributed by atoms with Crippen LogP contribution in [0.25, 0.3) is 0 Å². The molecule has 96 valence electrons. The number of ketones is 1. The summed E-state index contributed by atoms with van der Waals surface area (Å²) in [6.45, 7) is 10.8. The monoisotopic (exact) mass is 234 g/mol. The van der Waals surface area contributed by atoms with Crippen molar-refractivity contribution in [3.05, 3.63) is 11.6 Å². The fraction of sp³-hybridized carbons (Fsp3) is 0.812. The molecule has 17 heavy (non-hydrogen) atoms. The lowest BCUT2D eigenvalue weighted by molar-refractivity contribution is -0.138. The number of allylic oxidation sites excluding steroid dienone is 2.